The van der Waals surface area contributed by atoms with Crippen molar-refractivity contribution in [1.29, 1.82) is 0 Å². The number of methoxy groups -OCH3 is 1. The number of nitrogens with one attached hydrogen (secondary N) is 2. The molecule has 0 radical (unpaired) electrons. The number of hydrogen-bond acceptors (Lipinski definition) is 5. The Bertz CT molecular complexity index is 1080. The third kappa shape index (κ3) is 5.63. The third-order valence-corrected chi connectivity index (χ3v) is 7.18. The monoisotopic (exact) mass is 463 g/mol. The second kappa shape index (κ2) is 10.1. The van der Waals surface area contributed by atoms with Gasteiger partial charge in [0.1, 0.15) is 17.6 Å². The van der Waals surface area contributed by atoms with Gasteiger partial charge >= 0.3 is 0 Å². The number of carbonyl (C=O) groups excluding carboxylic acids is 2. The second-order valence-corrected chi connectivity index (χ2v) is 9.55. The maximum absolute atomic E-state index is 13.1. The van der Waals surface area contributed by atoms with Gasteiger partial charge in [0.2, 0.25) is 21.8 Å². The van der Waals surface area contributed by atoms with Gasteiger partial charge < -0.3 is 15.4 Å². The first-order valence-electron chi connectivity index (χ1n) is 10.2. The fourth-order valence-electron chi connectivity index (χ4n) is 3.48. The van der Waals surface area contributed by atoms with E-state index in [0.29, 0.717) is 24.3 Å². The predicted octanol–water partition coefficient (Wildman–Crippen LogP) is 2.38. The van der Waals surface area contributed by atoms with E-state index in [9.17, 15) is 22.4 Å². The summed E-state index contributed by atoms with van der Waals surface area (Å²) in [5, 5.41) is 5.38. The van der Waals surface area contributed by atoms with E-state index in [1.165, 1.54) is 23.5 Å². The molecule has 2 N–H and O–H groups in total. The van der Waals surface area contributed by atoms with Crippen molar-refractivity contribution < 1.29 is 27.1 Å². The fourth-order valence-corrected chi connectivity index (χ4v) is 5.00. The summed E-state index contributed by atoms with van der Waals surface area (Å²) in [7, 11) is -2.32. The molecule has 2 aromatic rings. The molecule has 1 fully saturated rings. The summed E-state index contributed by atoms with van der Waals surface area (Å²) in [5.74, 6) is -1.33. The number of sulfonamides is 1. The Morgan fingerprint density at radius 2 is 1.91 bits per heavy atom. The maximum atomic E-state index is 13.1. The summed E-state index contributed by atoms with van der Waals surface area (Å²) < 4.78 is 45.2. The van der Waals surface area contributed by atoms with Crippen LogP contribution in [0.5, 0.6) is 5.75 Å². The van der Waals surface area contributed by atoms with Crippen molar-refractivity contribution in [3.63, 3.8) is 0 Å². The van der Waals surface area contributed by atoms with Crippen LogP contribution in [0, 0.1) is 11.7 Å². The number of amides is 2. The lowest BCUT2D eigenvalue weighted by atomic mass is 9.98. The average molecular weight is 464 g/mol. The first-order chi connectivity index (χ1) is 15.2. The highest BCUT2D eigenvalue weighted by Crippen LogP contribution is 2.24. The van der Waals surface area contributed by atoms with Crippen molar-refractivity contribution in [2.75, 3.05) is 25.5 Å². The van der Waals surface area contributed by atoms with Crippen molar-refractivity contribution >= 4 is 27.5 Å². The molecule has 0 aliphatic carbocycles. The van der Waals surface area contributed by atoms with Crippen LogP contribution in [-0.4, -0.2) is 50.8 Å². The lowest BCUT2D eigenvalue weighted by Crippen LogP contribution is -2.49. The van der Waals surface area contributed by atoms with Crippen LogP contribution in [0.25, 0.3) is 0 Å². The van der Waals surface area contributed by atoms with Crippen LogP contribution in [0.4, 0.5) is 10.1 Å². The van der Waals surface area contributed by atoms with Crippen LogP contribution in [0.3, 0.4) is 0 Å². The van der Waals surface area contributed by atoms with Gasteiger partial charge in [0.15, 0.2) is 0 Å². The summed E-state index contributed by atoms with van der Waals surface area (Å²) in [6.07, 6.45) is 1.01. The lowest BCUT2D eigenvalue weighted by molar-refractivity contribution is -0.129. The van der Waals surface area contributed by atoms with E-state index in [1.54, 1.807) is 31.2 Å². The van der Waals surface area contributed by atoms with Gasteiger partial charge in [0.05, 0.1) is 17.9 Å². The Hall–Kier alpha value is -2.98. The molecular weight excluding hydrogens is 437 g/mol. The quantitative estimate of drug-likeness (QED) is 0.656. The van der Waals surface area contributed by atoms with Crippen LogP contribution >= 0.6 is 0 Å². The SMILES string of the molecule is COc1cccc(NC(=O)[C@H](C)NC(=O)[C@@H]2CCCN(S(=O)(=O)c3ccc(F)cc3)C2)c1. The van der Waals surface area contributed by atoms with E-state index in [2.05, 4.69) is 10.6 Å². The zero-order valence-corrected chi connectivity index (χ0v) is 18.7. The van der Waals surface area contributed by atoms with Crippen LogP contribution in [0.15, 0.2) is 53.4 Å². The summed E-state index contributed by atoms with van der Waals surface area (Å²) in [5.41, 5.74) is 0.532. The third-order valence-electron chi connectivity index (χ3n) is 5.30. The Morgan fingerprint density at radius 3 is 2.59 bits per heavy atom. The van der Waals surface area contributed by atoms with Crippen LogP contribution in [0.1, 0.15) is 19.8 Å². The largest absolute Gasteiger partial charge is 0.497 e. The minimum Gasteiger partial charge on any atom is -0.497 e. The molecule has 1 aliphatic heterocycles. The summed E-state index contributed by atoms with van der Waals surface area (Å²) in [6.45, 7) is 1.83. The normalized spacial score (nSPS) is 17.9. The van der Waals surface area contributed by atoms with Gasteiger partial charge in [-0.05, 0) is 56.2 Å². The van der Waals surface area contributed by atoms with Gasteiger partial charge in [-0.3, -0.25) is 9.59 Å². The molecule has 0 aromatic heterocycles. The lowest BCUT2D eigenvalue weighted by Gasteiger charge is -2.31. The molecule has 1 saturated heterocycles. The zero-order chi connectivity index (χ0) is 23.3. The molecule has 0 unspecified atom stereocenters. The molecule has 10 heteroatoms. The summed E-state index contributed by atoms with van der Waals surface area (Å²) >= 11 is 0. The number of hydrogen-bond donors (Lipinski definition) is 2. The fraction of sp³-hybridized carbons (Fsp3) is 0.364. The molecule has 1 heterocycles. The number of rotatable bonds is 7. The van der Waals surface area contributed by atoms with E-state index in [-0.39, 0.29) is 18.0 Å². The molecule has 2 aromatic carbocycles. The minimum absolute atomic E-state index is 0.00420. The van der Waals surface area contributed by atoms with Crippen LogP contribution in [-0.2, 0) is 19.6 Å². The van der Waals surface area contributed by atoms with Crippen molar-refractivity contribution in [3.05, 3.63) is 54.3 Å². The van der Waals surface area contributed by atoms with Gasteiger partial charge in [-0.25, -0.2) is 12.8 Å². The number of anilines is 1. The number of benzene rings is 2. The van der Waals surface area contributed by atoms with E-state index in [0.717, 1.165) is 12.1 Å². The Labute approximate surface area is 186 Å². The number of ether oxygens (including phenoxy) is 1. The van der Waals surface area contributed by atoms with Gasteiger partial charge in [-0.1, -0.05) is 6.07 Å². The highest BCUT2D eigenvalue weighted by Gasteiger charge is 2.34. The molecule has 1 aliphatic rings. The number of nitrogens with zero attached hydrogens (tertiary/aromatic N) is 1. The smallest absolute Gasteiger partial charge is 0.246 e. The molecule has 3 rings (SSSR count). The average Bonchev–Trinajstić information content (AvgIpc) is 2.79. The highest BCUT2D eigenvalue weighted by atomic mass is 32.2. The molecule has 172 valence electrons. The standard InChI is InChI=1S/C22H26FN3O5S/c1-15(21(27)25-18-6-3-7-19(13-18)31-2)24-22(28)16-5-4-12-26(14-16)32(29,30)20-10-8-17(23)9-11-20/h3,6-11,13,15-16H,4-5,12,14H2,1-2H3,(H,24,28)(H,25,27)/t15-,16+/m0/s1. The first kappa shape index (κ1) is 23.7. The summed E-state index contributed by atoms with van der Waals surface area (Å²) in [4.78, 5) is 25.2. The van der Waals surface area contributed by atoms with E-state index < -0.39 is 39.6 Å². The van der Waals surface area contributed by atoms with Gasteiger partial charge in [-0.15, -0.1) is 0 Å². The van der Waals surface area contributed by atoms with Crippen molar-refractivity contribution in [3.8, 4) is 5.75 Å². The zero-order valence-electron chi connectivity index (χ0n) is 17.9. The van der Waals surface area contributed by atoms with Crippen LogP contribution < -0.4 is 15.4 Å². The number of piperidine rings is 1. The van der Waals surface area contributed by atoms with E-state index in [1.807, 2.05) is 0 Å². The highest BCUT2D eigenvalue weighted by molar-refractivity contribution is 7.89. The van der Waals surface area contributed by atoms with Crippen molar-refractivity contribution in [2.24, 2.45) is 5.92 Å². The summed E-state index contributed by atoms with van der Waals surface area (Å²) in [6, 6.07) is 10.6. The number of halogens is 1. The van der Waals surface area contributed by atoms with E-state index >= 15 is 0 Å². The Morgan fingerprint density at radius 1 is 1.19 bits per heavy atom. The molecular formula is C22H26FN3O5S. The van der Waals surface area contributed by atoms with Crippen molar-refractivity contribution in [2.45, 2.75) is 30.7 Å². The minimum atomic E-state index is -3.84. The molecule has 0 bridgehead atoms. The van der Waals surface area contributed by atoms with Gasteiger partial charge in [0, 0.05) is 24.8 Å². The Kier molecular flexibility index (Phi) is 7.47. The molecule has 2 atom stereocenters. The number of carbonyl (C=O) groups is 2. The molecule has 2 amide bonds. The maximum Gasteiger partial charge on any atom is 0.246 e. The van der Waals surface area contributed by atoms with Gasteiger partial charge in [-0.2, -0.15) is 4.31 Å². The topological polar surface area (TPSA) is 105 Å². The molecule has 8 nitrogen and oxygen atoms in total. The van der Waals surface area contributed by atoms with Crippen LogP contribution in [0.2, 0.25) is 0 Å². The second-order valence-electron chi connectivity index (χ2n) is 7.61. The Balaban J connectivity index is 1.60. The van der Waals surface area contributed by atoms with Crippen molar-refractivity contribution in [1.82, 2.24) is 9.62 Å². The first-order valence-corrected chi connectivity index (χ1v) is 11.7. The predicted molar refractivity (Wildman–Crippen MR) is 117 cm³/mol. The molecule has 32 heavy (non-hydrogen) atoms. The molecule has 0 saturated carbocycles. The van der Waals surface area contributed by atoms with Gasteiger partial charge in [0.25, 0.3) is 0 Å². The molecule has 0 spiro atoms. The van der Waals surface area contributed by atoms with E-state index in [4.69, 9.17) is 4.74 Å².